The fraction of sp³-hybridized carbons (Fsp3) is 0.250. The van der Waals surface area contributed by atoms with Crippen molar-refractivity contribution >= 4 is 48.5 Å². The number of rotatable bonds is 7. The first-order valence-electron chi connectivity index (χ1n) is 11.9. The van der Waals surface area contributed by atoms with Gasteiger partial charge in [-0.2, -0.15) is 0 Å². The molecule has 1 fully saturated rings. The number of furan rings is 1. The highest BCUT2D eigenvalue weighted by molar-refractivity contribution is 9.10. The number of carbonyl (C=O) groups is 1. The lowest BCUT2D eigenvalue weighted by atomic mass is 10.00. The highest BCUT2D eigenvalue weighted by Gasteiger charge is 2.33. The number of aryl methyl sites for hydroxylation is 1. The summed E-state index contributed by atoms with van der Waals surface area (Å²) in [4.78, 5) is 13.0. The van der Waals surface area contributed by atoms with Crippen LogP contribution < -0.4 is 9.62 Å². The Morgan fingerprint density at radius 1 is 1.14 bits per heavy atom. The van der Waals surface area contributed by atoms with Crippen LogP contribution in [0.5, 0.6) is 0 Å². The highest BCUT2D eigenvalue weighted by atomic mass is 79.9. The topological polar surface area (TPSA) is 79.6 Å². The van der Waals surface area contributed by atoms with Crippen LogP contribution in [0, 0.1) is 12.7 Å². The van der Waals surface area contributed by atoms with Gasteiger partial charge in [0.15, 0.2) is 0 Å². The van der Waals surface area contributed by atoms with Gasteiger partial charge in [0, 0.05) is 28.5 Å². The van der Waals surface area contributed by atoms with Crippen LogP contribution in [0.25, 0.3) is 22.3 Å². The maximum Gasteiger partial charge on any atom is 0.255 e. The molecule has 0 bridgehead atoms. The van der Waals surface area contributed by atoms with Gasteiger partial charge < -0.3 is 9.73 Å². The molecule has 4 aromatic rings. The van der Waals surface area contributed by atoms with Gasteiger partial charge in [-0.25, -0.2) is 12.8 Å². The number of nitrogens with one attached hydrogen (secondary N) is 1. The summed E-state index contributed by atoms with van der Waals surface area (Å²) in [5.41, 5.74) is 4.55. The number of hydrogen-bond acceptors (Lipinski definition) is 4. The predicted molar refractivity (Wildman–Crippen MR) is 147 cm³/mol. The largest absolute Gasteiger partial charge is 0.455 e. The molecule has 0 saturated heterocycles. The third-order valence-corrected chi connectivity index (χ3v) is 8.65. The Morgan fingerprint density at radius 2 is 1.84 bits per heavy atom. The van der Waals surface area contributed by atoms with Crippen LogP contribution in [0.2, 0.25) is 0 Å². The average Bonchev–Trinajstić information content (AvgIpc) is 3.63. The summed E-state index contributed by atoms with van der Waals surface area (Å²) in [7, 11) is -2.12. The fourth-order valence-corrected chi connectivity index (χ4v) is 5.74. The Morgan fingerprint density at radius 3 is 2.43 bits per heavy atom. The van der Waals surface area contributed by atoms with Gasteiger partial charge in [0.25, 0.3) is 5.91 Å². The van der Waals surface area contributed by atoms with Gasteiger partial charge >= 0.3 is 0 Å². The van der Waals surface area contributed by atoms with Crippen molar-refractivity contribution in [2.24, 2.45) is 0 Å². The van der Waals surface area contributed by atoms with Crippen molar-refractivity contribution in [2.45, 2.75) is 32.2 Å². The van der Waals surface area contributed by atoms with Gasteiger partial charge in [-0.05, 0) is 78.8 Å². The summed E-state index contributed by atoms with van der Waals surface area (Å²) in [6.07, 6.45) is 3.07. The predicted octanol–water partition coefficient (Wildman–Crippen LogP) is 6.51. The lowest BCUT2D eigenvalue weighted by molar-refractivity contribution is 0.0964. The van der Waals surface area contributed by atoms with Gasteiger partial charge in [-0.1, -0.05) is 28.1 Å². The standard InChI is InChI=1S/C28H26BrFN2O4S/c1-16-12-17(4-11-23(16)29)15-32(37(3,34)35)24-14-25-22(13-21(24)18-5-6-18)26(28(33)31-2)27(36-25)19-7-9-20(30)10-8-19/h4,7-14,18H,5-6,15H2,1-3H3,(H,31,33). The van der Waals surface area contributed by atoms with E-state index in [2.05, 4.69) is 21.2 Å². The zero-order chi connectivity index (χ0) is 26.5. The molecule has 1 aliphatic carbocycles. The van der Waals surface area contributed by atoms with Crippen molar-refractivity contribution in [2.75, 3.05) is 17.6 Å². The first kappa shape index (κ1) is 25.5. The van der Waals surface area contributed by atoms with Crippen molar-refractivity contribution < 1.29 is 22.0 Å². The number of halogens is 2. The van der Waals surface area contributed by atoms with Crippen LogP contribution in [0.1, 0.15) is 45.8 Å². The second kappa shape index (κ2) is 9.61. The number of sulfonamides is 1. The fourth-order valence-electron chi connectivity index (χ4n) is 4.59. The van der Waals surface area contributed by atoms with E-state index >= 15 is 0 Å². The number of anilines is 1. The van der Waals surface area contributed by atoms with Gasteiger partial charge in [-0.15, -0.1) is 0 Å². The smallest absolute Gasteiger partial charge is 0.255 e. The van der Waals surface area contributed by atoms with E-state index in [0.717, 1.165) is 34.0 Å². The number of amides is 1. The maximum atomic E-state index is 13.6. The molecule has 1 aromatic heterocycles. The molecule has 9 heteroatoms. The molecule has 5 rings (SSSR count). The van der Waals surface area contributed by atoms with Crippen molar-refractivity contribution in [1.82, 2.24) is 5.32 Å². The third kappa shape index (κ3) is 5.02. The van der Waals surface area contributed by atoms with Crippen molar-refractivity contribution in [3.63, 3.8) is 0 Å². The van der Waals surface area contributed by atoms with E-state index < -0.39 is 15.8 Å². The van der Waals surface area contributed by atoms with E-state index in [-0.39, 0.29) is 18.4 Å². The van der Waals surface area contributed by atoms with E-state index in [4.69, 9.17) is 4.42 Å². The van der Waals surface area contributed by atoms with E-state index in [1.165, 1.54) is 29.7 Å². The molecule has 1 heterocycles. The summed E-state index contributed by atoms with van der Waals surface area (Å²) in [6.45, 7) is 2.12. The van der Waals surface area contributed by atoms with Crippen LogP contribution in [0.15, 0.2) is 63.5 Å². The first-order chi connectivity index (χ1) is 17.6. The van der Waals surface area contributed by atoms with E-state index in [0.29, 0.717) is 33.5 Å². The Bertz CT molecular complexity index is 1630. The van der Waals surface area contributed by atoms with E-state index in [1.54, 1.807) is 18.2 Å². The van der Waals surface area contributed by atoms with E-state index in [1.807, 2.05) is 31.2 Å². The number of carbonyl (C=O) groups excluding carboxylic acids is 1. The summed E-state index contributed by atoms with van der Waals surface area (Å²) in [6, 6.07) is 15.1. The summed E-state index contributed by atoms with van der Waals surface area (Å²) in [5, 5.41) is 3.26. The molecule has 3 aromatic carbocycles. The molecule has 192 valence electrons. The molecule has 1 aliphatic rings. The zero-order valence-corrected chi connectivity index (χ0v) is 23.0. The Hall–Kier alpha value is -3.17. The van der Waals surface area contributed by atoms with E-state index in [9.17, 15) is 17.6 Å². The molecule has 0 spiro atoms. The molecular weight excluding hydrogens is 559 g/mol. The molecule has 0 aliphatic heterocycles. The van der Waals surface area contributed by atoms with Gasteiger partial charge in [0.05, 0.1) is 24.1 Å². The molecule has 37 heavy (non-hydrogen) atoms. The minimum atomic E-state index is -3.66. The van der Waals surface area contributed by atoms with Gasteiger partial charge in [0.1, 0.15) is 17.2 Å². The summed E-state index contributed by atoms with van der Waals surface area (Å²) >= 11 is 3.50. The molecular formula is C28H26BrFN2O4S. The SMILES string of the molecule is CNC(=O)c1c(-c2ccc(F)cc2)oc2cc(N(Cc3ccc(Br)c(C)c3)S(C)(=O)=O)c(C3CC3)cc12. The quantitative estimate of drug-likeness (QED) is 0.268. The Kier molecular flexibility index (Phi) is 6.62. The summed E-state index contributed by atoms with van der Waals surface area (Å²) in [5.74, 6) is -0.232. The second-order valence-electron chi connectivity index (χ2n) is 9.43. The zero-order valence-electron chi connectivity index (χ0n) is 20.6. The minimum absolute atomic E-state index is 0.159. The number of benzene rings is 3. The third-order valence-electron chi connectivity index (χ3n) is 6.63. The minimum Gasteiger partial charge on any atom is -0.455 e. The lowest BCUT2D eigenvalue weighted by Gasteiger charge is -2.25. The van der Waals surface area contributed by atoms with Crippen molar-refractivity contribution in [1.29, 1.82) is 0 Å². The second-order valence-corrected chi connectivity index (χ2v) is 12.2. The first-order valence-corrected chi connectivity index (χ1v) is 14.5. The highest BCUT2D eigenvalue weighted by Crippen LogP contribution is 2.48. The molecule has 6 nitrogen and oxygen atoms in total. The monoisotopic (exact) mass is 584 g/mol. The average molecular weight is 585 g/mol. The molecule has 0 unspecified atom stereocenters. The normalized spacial score (nSPS) is 13.6. The van der Waals surface area contributed by atoms with Gasteiger partial charge in [0.2, 0.25) is 10.0 Å². The molecule has 1 N–H and O–H groups in total. The number of fused-ring (bicyclic) bond motifs is 1. The van der Waals surface area contributed by atoms with Crippen LogP contribution in [0.4, 0.5) is 10.1 Å². The Balaban J connectivity index is 1.72. The molecule has 1 amide bonds. The molecule has 1 saturated carbocycles. The van der Waals surface area contributed by atoms with Gasteiger partial charge in [-0.3, -0.25) is 9.10 Å². The van der Waals surface area contributed by atoms with Crippen LogP contribution in [0.3, 0.4) is 0 Å². The Labute approximate surface area is 223 Å². The van der Waals surface area contributed by atoms with Crippen LogP contribution in [-0.4, -0.2) is 27.6 Å². The summed E-state index contributed by atoms with van der Waals surface area (Å²) < 4.78 is 48.3. The van der Waals surface area contributed by atoms with Crippen molar-refractivity contribution in [3.8, 4) is 11.3 Å². The van der Waals surface area contributed by atoms with Crippen LogP contribution in [-0.2, 0) is 16.6 Å². The van der Waals surface area contributed by atoms with Crippen LogP contribution >= 0.6 is 15.9 Å². The number of nitrogens with zero attached hydrogens (tertiary/aromatic N) is 1. The maximum absolute atomic E-state index is 13.6. The lowest BCUT2D eigenvalue weighted by Crippen LogP contribution is -2.30. The number of hydrogen-bond donors (Lipinski definition) is 1. The molecule has 0 radical (unpaired) electrons. The van der Waals surface area contributed by atoms with Crippen molar-refractivity contribution in [3.05, 3.63) is 87.1 Å². The molecule has 0 atom stereocenters.